The number of amidine groups is 1. The molecule has 1 atom stereocenters. The van der Waals surface area contributed by atoms with Gasteiger partial charge in [-0.2, -0.15) is 0 Å². The average Bonchev–Trinajstić information content (AvgIpc) is 2.66. The van der Waals surface area contributed by atoms with Crippen molar-refractivity contribution >= 4 is 16.9 Å². The summed E-state index contributed by atoms with van der Waals surface area (Å²) in [5, 5.41) is 4.46. The lowest BCUT2D eigenvalue weighted by Crippen LogP contribution is -2.23. The summed E-state index contributed by atoms with van der Waals surface area (Å²) in [4.78, 5) is 4.54. The molecule has 0 saturated carbocycles. The Morgan fingerprint density at radius 2 is 2.20 bits per heavy atom. The molecule has 3 heteroatoms. The van der Waals surface area contributed by atoms with Crippen LogP contribution in [0.5, 0.6) is 0 Å². The van der Waals surface area contributed by atoms with Crippen LogP contribution < -0.4 is 5.32 Å². The molecule has 2 rings (SSSR count). The molecule has 0 radical (unpaired) electrons. The Balaban J connectivity index is 1.80. The standard InChI is InChI=1S/C12H16N2S/c1-10-9-15-12(14-10)13-8-7-11-5-3-2-4-6-11/h2-6,10H,7-9H2,1H3,(H,13,14). The Bertz CT molecular complexity index is 335. The van der Waals surface area contributed by atoms with E-state index in [0.717, 1.165) is 23.9 Å². The van der Waals surface area contributed by atoms with Gasteiger partial charge in [-0.25, -0.2) is 0 Å². The Kier molecular flexibility index (Phi) is 3.67. The summed E-state index contributed by atoms with van der Waals surface area (Å²) in [6.07, 6.45) is 1.03. The summed E-state index contributed by atoms with van der Waals surface area (Å²) in [7, 11) is 0. The van der Waals surface area contributed by atoms with Gasteiger partial charge < -0.3 is 5.32 Å². The highest BCUT2D eigenvalue weighted by Crippen LogP contribution is 2.13. The first kappa shape index (κ1) is 10.6. The van der Waals surface area contributed by atoms with Crippen molar-refractivity contribution in [3.8, 4) is 0 Å². The SMILES string of the molecule is CC1CSC(=NCCc2ccccc2)N1. The summed E-state index contributed by atoms with van der Waals surface area (Å²) >= 11 is 1.82. The van der Waals surface area contributed by atoms with Gasteiger partial charge in [0.05, 0.1) is 0 Å². The zero-order valence-electron chi connectivity index (χ0n) is 8.94. The van der Waals surface area contributed by atoms with Crippen molar-refractivity contribution in [2.75, 3.05) is 12.3 Å². The van der Waals surface area contributed by atoms with E-state index in [4.69, 9.17) is 0 Å². The van der Waals surface area contributed by atoms with Gasteiger partial charge in [0.15, 0.2) is 5.17 Å². The van der Waals surface area contributed by atoms with E-state index in [0.29, 0.717) is 6.04 Å². The zero-order chi connectivity index (χ0) is 10.5. The molecule has 0 amide bonds. The largest absolute Gasteiger partial charge is 0.362 e. The summed E-state index contributed by atoms with van der Waals surface area (Å²) in [5.41, 5.74) is 1.36. The highest BCUT2D eigenvalue weighted by molar-refractivity contribution is 8.14. The third-order valence-corrected chi connectivity index (χ3v) is 3.53. The molecule has 1 aliphatic rings. The van der Waals surface area contributed by atoms with Crippen molar-refractivity contribution < 1.29 is 0 Å². The summed E-state index contributed by atoms with van der Waals surface area (Å²) in [6.45, 7) is 3.07. The van der Waals surface area contributed by atoms with Gasteiger partial charge in [-0.3, -0.25) is 4.99 Å². The summed E-state index contributed by atoms with van der Waals surface area (Å²) in [6, 6.07) is 11.1. The predicted molar refractivity (Wildman–Crippen MR) is 67.5 cm³/mol. The molecule has 1 aliphatic heterocycles. The molecule has 1 aromatic carbocycles. The van der Waals surface area contributed by atoms with Crippen LogP contribution in [0.4, 0.5) is 0 Å². The van der Waals surface area contributed by atoms with E-state index in [1.54, 1.807) is 0 Å². The molecule has 0 aliphatic carbocycles. The minimum atomic E-state index is 0.575. The van der Waals surface area contributed by atoms with E-state index in [2.05, 4.69) is 41.5 Å². The molecule has 0 aromatic heterocycles. The first-order valence-electron chi connectivity index (χ1n) is 5.32. The van der Waals surface area contributed by atoms with Crippen molar-refractivity contribution in [2.45, 2.75) is 19.4 Å². The van der Waals surface area contributed by atoms with E-state index >= 15 is 0 Å². The lowest BCUT2D eigenvalue weighted by atomic mass is 10.2. The van der Waals surface area contributed by atoms with Gasteiger partial charge in [-0.05, 0) is 18.9 Å². The van der Waals surface area contributed by atoms with Gasteiger partial charge in [-0.1, -0.05) is 42.1 Å². The average molecular weight is 220 g/mol. The maximum Gasteiger partial charge on any atom is 0.156 e. The van der Waals surface area contributed by atoms with Crippen LogP contribution in [0.25, 0.3) is 0 Å². The van der Waals surface area contributed by atoms with Crippen LogP contribution in [-0.2, 0) is 6.42 Å². The molecule has 1 saturated heterocycles. The molecule has 1 aromatic rings. The normalized spacial score (nSPS) is 23.0. The van der Waals surface area contributed by atoms with Crippen LogP contribution in [-0.4, -0.2) is 23.5 Å². The highest BCUT2D eigenvalue weighted by atomic mass is 32.2. The van der Waals surface area contributed by atoms with E-state index in [1.807, 2.05) is 17.8 Å². The first-order chi connectivity index (χ1) is 7.34. The van der Waals surface area contributed by atoms with Gasteiger partial charge in [0.1, 0.15) is 0 Å². The number of benzene rings is 1. The molecule has 15 heavy (non-hydrogen) atoms. The molecular weight excluding hydrogens is 204 g/mol. The molecule has 2 nitrogen and oxygen atoms in total. The van der Waals surface area contributed by atoms with Gasteiger partial charge in [0.25, 0.3) is 0 Å². The molecule has 1 heterocycles. The first-order valence-corrected chi connectivity index (χ1v) is 6.31. The van der Waals surface area contributed by atoms with Crippen LogP contribution in [0.3, 0.4) is 0 Å². The lowest BCUT2D eigenvalue weighted by Gasteiger charge is -2.01. The van der Waals surface area contributed by atoms with Crippen molar-refractivity contribution in [2.24, 2.45) is 4.99 Å². The second-order valence-electron chi connectivity index (χ2n) is 3.78. The molecule has 0 spiro atoms. The molecule has 1 unspecified atom stereocenters. The van der Waals surface area contributed by atoms with Gasteiger partial charge >= 0.3 is 0 Å². The van der Waals surface area contributed by atoms with Crippen LogP contribution in [0.15, 0.2) is 35.3 Å². The van der Waals surface area contributed by atoms with Crippen molar-refractivity contribution in [3.63, 3.8) is 0 Å². The second-order valence-corrected chi connectivity index (χ2v) is 4.79. The number of hydrogen-bond acceptors (Lipinski definition) is 2. The number of nitrogens with one attached hydrogen (secondary N) is 1. The monoisotopic (exact) mass is 220 g/mol. The number of hydrogen-bond donors (Lipinski definition) is 1. The predicted octanol–water partition coefficient (Wildman–Crippen LogP) is 2.31. The topological polar surface area (TPSA) is 24.4 Å². The van der Waals surface area contributed by atoms with Crippen LogP contribution in [0.1, 0.15) is 12.5 Å². The maximum absolute atomic E-state index is 4.54. The fourth-order valence-electron chi connectivity index (χ4n) is 1.52. The van der Waals surface area contributed by atoms with Gasteiger partial charge in [-0.15, -0.1) is 0 Å². The number of thioether (sulfide) groups is 1. The maximum atomic E-state index is 4.54. The fourth-order valence-corrected chi connectivity index (χ4v) is 2.48. The van der Waals surface area contributed by atoms with Crippen LogP contribution in [0.2, 0.25) is 0 Å². The third kappa shape index (κ3) is 3.27. The van der Waals surface area contributed by atoms with E-state index in [-0.39, 0.29) is 0 Å². The van der Waals surface area contributed by atoms with Gasteiger partial charge in [0, 0.05) is 18.3 Å². The molecule has 80 valence electrons. The van der Waals surface area contributed by atoms with E-state index in [9.17, 15) is 0 Å². The highest BCUT2D eigenvalue weighted by Gasteiger charge is 2.14. The number of nitrogens with zero attached hydrogens (tertiary/aromatic N) is 1. The van der Waals surface area contributed by atoms with Crippen molar-refractivity contribution in [3.05, 3.63) is 35.9 Å². The Morgan fingerprint density at radius 1 is 1.40 bits per heavy atom. The van der Waals surface area contributed by atoms with Crippen LogP contribution in [0, 0.1) is 0 Å². The number of rotatable bonds is 3. The van der Waals surface area contributed by atoms with Crippen LogP contribution >= 0.6 is 11.8 Å². The Hall–Kier alpha value is -0.960. The van der Waals surface area contributed by atoms with Gasteiger partial charge in [0.2, 0.25) is 0 Å². The van der Waals surface area contributed by atoms with Crippen molar-refractivity contribution in [1.82, 2.24) is 5.32 Å². The smallest absolute Gasteiger partial charge is 0.156 e. The molecular formula is C12H16N2S. The molecule has 1 N–H and O–H groups in total. The third-order valence-electron chi connectivity index (χ3n) is 2.34. The minimum absolute atomic E-state index is 0.575. The summed E-state index contributed by atoms with van der Waals surface area (Å²) in [5.74, 6) is 1.14. The molecule has 0 bridgehead atoms. The lowest BCUT2D eigenvalue weighted by molar-refractivity contribution is 0.764. The quantitative estimate of drug-likeness (QED) is 0.845. The van der Waals surface area contributed by atoms with Crippen molar-refractivity contribution in [1.29, 1.82) is 0 Å². The van der Waals surface area contributed by atoms with E-state index in [1.165, 1.54) is 5.56 Å². The van der Waals surface area contributed by atoms with E-state index < -0.39 is 0 Å². The fraction of sp³-hybridized carbons (Fsp3) is 0.417. The zero-order valence-corrected chi connectivity index (χ0v) is 9.76. The molecule has 1 fully saturated rings. The number of aliphatic imine (C=N–C) groups is 1. The second kappa shape index (κ2) is 5.21. The Labute approximate surface area is 95.2 Å². The Morgan fingerprint density at radius 3 is 2.87 bits per heavy atom. The minimum Gasteiger partial charge on any atom is -0.362 e. The summed E-state index contributed by atoms with van der Waals surface area (Å²) < 4.78 is 0.